The summed E-state index contributed by atoms with van der Waals surface area (Å²) in [4.78, 5) is 9.14. The lowest BCUT2D eigenvalue weighted by atomic mass is 10.2. The quantitative estimate of drug-likeness (QED) is 0.879. The first-order valence-electron chi connectivity index (χ1n) is 6.17. The minimum atomic E-state index is 0.447. The van der Waals surface area contributed by atoms with Crippen LogP contribution in [0.4, 0.5) is 5.82 Å². The molecule has 1 aromatic heterocycles. The van der Waals surface area contributed by atoms with Gasteiger partial charge in [-0.05, 0) is 25.0 Å². The summed E-state index contributed by atoms with van der Waals surface area (Å²) < 4.78 is 5.12. The van der Waals surface area contributed by atoms with Gasteiger partial charge < -0.3 is 10.1 Å². The van der Waals surface area contributed by atoms with Crippen LogP contribution in [0.15, 0.2) is 24.3 Å². The van der Waals surface area contributed by atoms with E-state index >= 15 is 0 Å². The Morgan fingerprint density at radius 3 is 2.56 bits per heavy atom. The van der Waals surface area contributed by atoms with E-state index in [4.69, 9.17) is 4.74 Å². The molecule has 2 aromatic rings. The third kappa shape index (κ3) is 2.96. The van der Waals surface area contributed by atoms with Crippen molar-refractivity contribution in [1.29, 1.82) is 0 Å². The lowest BCUT2D eigenvalue weighted by Crippen LogP contribution is -2.17. The summed E-state index contributed by atoms with van der Waals surface area (Å²) in [6.45, 7) is 5.69. The summed E-state index contributed by atoms with van der Waals surface area (Å²) in [5.41, 5.74) is 2.79. The van der Waals surface area contributed by atoms with Gasteiger partial charge in [-0.25, -0.2) is 9.97 Å². The van der Waals surface area contributed by atoms with Gasteiger partial charge in [0.25, 0.3) is 0 Å². The number of para-hydroxylation sites is 2. The van der Waals surface area contributed by atoms with Gasteiger partial charge in [-0.3, -0.25) is 0 Å². The van der Waals surface area contributed by atoms with E-state index in [0.717, 1.165) is 35.7 Å². The lowest BCUT2D eigenvalue weighted by molar-refractivity contribution is 0.164. The number of methoxy groups -OCH3 is 1. The summed E-state index contributed by atoms with van der Waals surface area (Å²) in [6.07, 6.45) is 0. The molecule has 0 aliphatic heterocycles. The van der Waals surface area contributed by atoms with Gasteiger partial charge in [0.2, 0.25) is 0 Å². The van der Waals surface area contributed by atoms with Crippen LogP contribution >= 0.6 is 0 Å². The molecule has 0 saturated heterocycles. The molecule has 96 valence electrons. The third-order valence-electron chi connectivity index (χ3n) is 2.81. The summed E-state index contributed by atoms with van der Waals surface area (Å²) in [7, 11) is 1.72. The SMILES string of the molecule is COCC(C)CNc1nc2ccccc2nc1C. The van der Waals surface area contributed by atoms with Crippen molar-refractivity contribution in [2.45, 2.75) is 13.8 Å². The lowest BCUT2D eigenvalue weighted by Gasteiger charge is -2.13. The van der Waals surface area contributed by atoms with Gasteiger partial charge in [-0.2, -0.15) is 0 Å². The number of aromatic nitrogens is 2. The van der Waals surface area contributed by atoms with Crippen molar-refractivity contribution in [1.82, 2.24) is 9.97 Å². The van der Waals surface area contributed by atoms with Gasteiger partial charge in [0.1, 0.15) is 5.82 Å². The maximum absolute atomic E-state index is 5.12. The first-order valence-corrected chi connectivity index (χ1v) is 6.17. The Balaban J connectivity index is 2.15. The number of nitrogens with zero attached hydrogens (tertiary/aromatic N) is 2. The minimum Gasteiger partial charge on any atom is -0.384 e. The molecule has 18 heavy (non-hydrogen) atoms. The van der Waals surface area contributed by atoms with E-state index in [2.05, 4.69) is 22.2 Å². The fourth-order valence-corrected chi connectivity index (χ4v) is 1.87. The molecule has 0 radical (unpaired) electrons. The van der Waals surface area contributed by atoms with Crippen molar-refractivity contribution in [3.63, 3.8) is 0 Å². The van der Waals surface area contributed by atoms with Crippen LogP contribution in [-0.2, 0) is 4.74 Å². The van der Waals surface area contributed by atoms with Crippen LogP contribution in [0, 0.1) is 12.8 Å². The molecule has 1 N–H and O–H groups in total. The molecule has 1 aromatic carbocycles. The average molecular weight is 245 g/mol. The summed E-state index contributed by atoms with van der Waals surface area (Å²) in [5, 5.41) is 3.34. The highest BCUT2D eigenvalue weighted by Crippen LogP contribution is 2.16. The maximum Gasteiger partial charge on any atom is 0.148 e. The van der Waals surface area contributed by atoms with Gasteiger partial charge in [0.15, 0.2) is 0 Å². The maximum atomic E-state index is 5.12. The topological polar surface area (TPSA) is 47.0 Å². The number of nitrogens with one attached hydrogen (secondary N) is 1. The largest absolute Gasteiger partial charge is 0.384 e. The second kappa shape index (κ2) is 5.78. The zero-order valence-corrected chi connectivity index (χ0v) is 11.1. The molecule has 0 aliphatic carbocycles. The van der Waals surface area contributed by atoms with Crippen LogP contribution < -0.4 is 5.32 Å². The molecular weight excluding hydrogens is 226 g/mol. The van der Waals surface area contributed by atoms with E-state index in [1.165, 1.54) is 0 Å². The number of fused-ring (bicyclic) bond motifs is 1. The van der Waals surface area contributed by atoms with Gasteiger partial charge in [-0.15, -0.1) is 0 Å². The number of rotatable bonds is 5. The van der Waals surface area contributed by atoms with E-state index in [1.54, 1.807) is 7.11 Å². The van der Waals surface area contributed by atoms with Crippen molar-refractivity contribution in [3.8, 4) is 0 Å². The monoisotopic (exact) mass is 245 g/mol. The van der Waals surface area contributed by atoms with Gasteiger partial charge in [-0.1, -0.05) is 19.1 Å². The normalized spacial score (nSPS) is 12.6. The van der Waals surface area contributed by atoms with Crippen LogP contribution in [0.1, 0.15) is 12.6 Å². The number of hydrogen-bond acceptors (Lipinski definition) is 4. The van der Waals surface area contributed by atoms with Crippen molar-refractivity contribution in [2.75, 3.05) is 25.6 Å². The average Bonchev–Trinajstić information content (AvgIpc) is 2.36. The van der Waals surface area contributed by atoms with Crippen molar-refractivity contribution in [3.05, 3.63) is 30.0 Å². The summed E-state index contributed by atoms with van der Waals surface area (Å²) in [6, 6.07) is 7.91. The van der Waals surface area contributed by atoms with Gasteiger partial charge >= 0.3 is 0 Å². The van der Waals surface area contributed by atoms with Crippen LogP contribution in [0.5, 0.6) is 0 Å². The Morgan fingerprint density at radius 1 is 1.22 bits per heavy atom. The second-order valence-corrected chi connectivity index (χ2v) is 4.59. The van der Waals surface area contributed by atoms with Crippen molar-refractivity contribution < 1.29 is 4.74 Å². The number of hydrogen-bond donors (Lipinski definition) is 1. The Morgan fingerprint density at radius 2 is 1.89 bits per heavy atom. The standard InChI is InChI=1S/C14H19N3O/c1-10(9-18-3)8-15-14-11(2)16-12-6-4-5-7-13(12)17-14/h4-7,10H,8-9H2,1-3H3,(H,15,17). The van der Waals surface area contributed by atoms with Crippen LogP contribution in [0.2, 0.25) is 0 Å². The van der Waals surface area contributed by atoms with E-state index in [9.17, 15) is 0 Å². The molecule has 0 spiro atoms. The molecule has 0 saturated carbocycles. The zero-order chi connectivity index (χ0) is 13.0. The molecule has 1 heterocycles. The van der Waals surface area contributed by atoms with Crippen LogP contribution in [0.25, 0.3) is 11.0 Å². The van der Waals surface area contributed by atoms with Crippen LogP contribution in [-0.4, -0.2) is 30.2 Å². The highest BCUT2D eigenvalue weighted by molar-refractivity contribution is 5.76. The highest BCUT2D eigenvalue weighted by Gasteiger charge is 2.06. The van der Waals surface area contributed by atoms with E-state index < -0.39 is 0 Å². The van der Waals surface area contributed by atoms with Gasteiger partial charge in [0, 0.05) is 13.7 Å². The fraction of sp³-hybridized carbons (Fsp3) is 0.429. The molecule has 4 heteroatoms. The number of aryl methyl sites for hydroxylation is 1. The molecule has 0 bridgehead atoms. The molecule has 0 amide bonds. The number of anilines is 1. The third-order valence-corrected chi connectivity index (χ3v) is 2.81. The first-order chi connectivity index (χ1) is 8.70. The van der Waals surface area contributed by atoms with Crippen molar-refractivity contribution >= 4 is 16.9 Å². The molecular formula is C14H19N3O. The van der Waals surface area contributed by atoms with Gasteiger partial charge in [0.05, 0.1) is 23.3 Å². The molecule has 1 atom stereocenters. The number of benzene rings is 1. The predicted octanol–water partition coefficient (Wildman–Crippen LogP) is 2.63. The Kier molecular flexibility index (Phi) is 4.10. The Bertz CT molecular complexity index is 527. The van der Waals surface area contributed by atoms with E-state index in [1.807, 2.05) is 31.2 Å². The highest BCUT2D eigenvalue weighted by atomic mass is 16.5. The predicted molar refractivity (Wildman–Crippen MR) is 73.8 cm³/mol. The van der Waals surface area contributed by atoms with E-state index in [0.29, 0.717) is 5.92 Å². The zero-order valence-electron chi connectivity index (χ0n) is 11.1. The van der Waals surface area contributed by atoms with E-state index in [-0.39, 0.29) is 0 Å². The molecule has 1 unspecified atom stereocenters. The van der Waals surface area contributed by atoms with Crippen molar-refractivity contribution in [2.24, 2.45) is 5.92 Å². The first kappa shape index (κ1) is 12.8. The fourth-order valence-electron chi connectivity index (χ4n) is 1.87. The Hall–Kier alpha value is -1.68. The molecule has 2 rings (SSSR count). The summed E-state index contributed by atoms with van der Waals surface area (Å²) in [5.74, 6) is 1.30. The number of ether oxygens (including phenoxy) is 1. The molecule has 0 aliphatic rings. The Labute approximate surface area is 107 Å². The smallest absolute Gasteiger partial charge is 0.148 e. The van der Waals surface area contributed by atoms with Crippen LogP contribution in [0.3, 0.4) is 0 Å². The second-order valence-electron chi connectivity index (χ2n) is 4.59. The molecule has 0 fully saturated rings. The minimum absolute atomic E-state index is 0.447. The summed E-state index contributed by atoms with van der Waals surface area (Å²) >= 11 is 0. The molecule has 4 nitrogen and oxygen atoms in total.